The highest BCUT2D eigenvalue weighted by Crippen LogP contribution is 2.22. The number of benzene rings is 2. The van der Waals surface area contributed by atoms with Crippen molar-refractivity contribution < 1.29 is 0 Å². The molecule has 0 saturated carbocycles. The molecular weight excluding hydrogens is 278 g/mol. The summed E-state index contributed by atoms with van der Waals surface area (Å²) in [5, 5.41) is 3.73. The molecule has 0 bridgehead atoms. The van der Waals surface area contributed by atoms with E-state index in [1.54, 1.807) is 0 Å². The maximum Gasteiger partial charge on any atom is 0.0297 e. The van der Waals surface area contributed by atoms with Crippen molar-refractivity contribution in [2.75, 3.05) is 0 Å². The van der Waals surface area contributed by atoms with Crippen molar-refractivity contribution in [3.8, 4) is 0 Å². The fourth-order valence-corrected chi connectivity index (χ4v) is 3.46. The van der Waals surface area contributed by atoms with Crippen LogP contribution < -0.4 is 5.32 Å². The van der Waals surface area contributed by atoms with Gasteiger partial charge in [0.05, 0.1) is 0 Å². The maximum atomic E-state index is 3.73. The summed E-state index contributed by atoms with van der Waals surface area (Å²) in [6.07, 6.45) is 2.20. The summed E-state index contributed by atoms with van der Waals surface area (Å²) >= 11 is 0. The molecule has 124 valence electrons. The van der Waals surface area contributed by atoms with Crippen molar-refractivity contribution in [2.24, 2.45) is 0 Å². The molecule has 1 unspecified atom stereocenters. The van der Waals surface area contributed by atoms with Crippen LogP contribution in [-0.4, -0.2) is 0 Å². The van der Waals surface area contributed by atoms with E-state index in [2.05, 4.69) is 77.2 Å². The third-order valence-corrected chi connectivity index (χ3v) is 4.89. The Labute approximate surface area is 142 Å². The van der Waals surface area contributed by atoms with Gasteiger partial charge in [0, 0.05) is 12.6 Å². The molecule has 1 heteroatoms. The first-order chi connectivity index (χ1) is 11.0. The molecule has 1 atom stereocenters. The molecule has 0 amide bonds. The van der Waals surface area contributed by atoms with Gasteiger partial charge in [-0.3, -0.25) is 0 Å². The van der Waals surface area contributed by atoms with Crippen molar-refractivity contribution in [1.82, 2.24) is 5.32 Å². The van der Waals surface area contributed by atoms with Crippen LogP contribution in [0.2, 0.25) is 0 Å². The molecule has 23 heavy (non-hydrogen) atoms. The van der Waals surface area contributed by atoms with E-state index in [9.17, 15) is 0 Å². The van der Waals surface area contributed by atoms with Gasteiger partial charge in [0.2, 0.25) is 0 Å². The molecule has 0 heterocycles. The summed E-state index contributed by atoms with van der Waals surface area (Å²) in [7, 11) is 0. The molecule has 1 nitrogen and oxygen atoms in total. The molecule has 0 aromatic heterocycles. The van der Waals surface area contributed by atoms with Crippen LogP contribution in [0.5, 0.6) is 0 Å². The molecule has 0 aliphatic heterocycles. The Balaban J connectivity index is 2.15. The van der Waals surface area contributed by atoms with Crippen LogP contribution in [0.15, 0.2) is 30.3 Å². The highest BCUT2D eigenvalue weighted by atomic mass is 14.9. The number of hydrogen-bond acceptors (Lipinski definition) is 1. The first kappa shape index (κ1) is 17.7. The summed E-state index contributed by atoms with van der Waals surface area (Å²) < 4.78 is 0. The minimum absolute atomic E-state index is 0.371. The first-order valence-electron chi connectivity index (χ1n) is 8.88. The predicted octanol–water partition coefficient (Wildman–Crippen LogP) is 5.59. The van der Waals surface area contributed by atoms with E-state index in [4.69, 9.17) is 0 Å². The Morgan fingerprint density at radius 3 is 2.13 bits per heavy atom. The Kier molecular flexibility index (Phi) is 6.01. The second kappa shape index (κ2) is 7.79. The Morgan fingerprint density at radius 2 is 1.57 bits per heavy atom. The maximum absolute atomic E-state index is 3.73. The van der Waals surface area contributed by atoms with Gasteiger partial charge in [-0.15, -0.1) is 0 Å². The largest absolute Gasteiger partial charge is 0.306 e. The molecule has 0 spiro atoms. The Morgan fingerprint density at radius 1 is 0.913 bits per heavy atom. The molecule has 0 aliphatic carbocycles. The van der Waals surface area contributed by atoms with Gasteiger partial charge >= 0.3 is 0 Å². The van der Waals surface area contributed by atoms with Gasteiger partial charge in [-0.2, -0.15) is 0 Å². The third kappa shape index (κ3) is 4.23. The van der Waals surface area contributed by atoms with Gasteiger partial charge in [-0.05, 0) is 73.9 Å². The van der Waals surface area contributed by atoms with Crippen molar-refractivity contribution in [3.05, 3.63) is 69.3 Å². The minimum atomic E-state index is 0.371. The van der Waals surface area contributed by atoms with Crippen molar-refractivity contribution >= 4 is 0 Å². The molecule has 0 fully saturated rings. The Hall–Kier alpha value is -1.60. The van der Waals surface area contributed by atoms with Crippen molar-refractivity contribution in [2.45, 2.75) is 67.0 Å². The van der Waals surface area contributed by atoms with Gasteiger partial charge in [0.25, 0.3) is 0 Å². The lowest BCUT2D eigenvalue weighted by atomic mass is 9.95. The summed E-state index contributed by atoms with van der Waals surface area (Å²) in [4.78, 5) is 0. The summed E-state index contributed by atoms with van der Waals surface area (Å²) in [6, 6.07) is 11.9. The first-order valence-corrected chi connectivity index (χ1v) is 8.88. The normalized spacial score (nSPS) is 12.4. The van der Waals surface area contributed by atoms with Crippen LogP contribution >= 0.6 is 0 Å². The molecular formula is C22H31N. The Bertz CT molecular complexity index is 647. The zero-order chi connectivity index (χ0) is 17.0. The fourth-order valence-electron chi connectivity index (χ4n) is 3.46. The lowest BCUT2D eigenvalue weighted by Crippen LogP contribution is -2.20. The molecule has 0 radical (unpaired) electrons. The van der Waals surface area contributed by atoms with Crippen molar-refractivity contribution in [3.63, 3.8) is 0 Å². The zero-order valence-corrected chi connectivity index (χ0v) is 15.6. The molecule has 2 aromatic rings. The lowest BCUT2D eigenvalue weighted by Gasteiger charge is -2.20. The third-order valence-electron chi connectivity index (χ3n) is 4.89. The van der Waals surface area contributed by atoms with Gasteiger partial charge in [-0.1, -0.05) is 49.7 Å². The number of rotatable bonds is 6. The standard InChI is InChI=1S/C22H31N/c1-7-19-9-10-21(20(8-2)13-19)18(6)23-14-22-16(4)11-15(3)12-17(22)5/h9-13,18,23H,7-8,14H2,1-6H3. The van der Waals surface area contributed by atoms with Crippen molar-refractivity contribution in [1.29, 1.82) is 0 Å². The monoisotopic (exact) mass is 309 g/mol. The van der Waals surface area contributed by atoms with E-state index in [0.29, 0.717) is 6.04 Å². The van der Waals surface area contributed by atoms with E-state index in [0.717, 1.165) is 19.4 Å². The quantitative estimate of drug-likeness (QED) is 0.733. The minimum Gasteiger partial charge on any atom is -0.306 e. The highest BCUT2D eigenvalue weighted by molar-refractivity contribution is 5.38. The van der Waals surface area contributed by atoms with Gasteiger partial charge in [0.15, 0.2) is 0 Å². The van der Waals surface area contributed by atoms with E-state index in [1.165, 1.54) is 38.9 Å². The SMILES string of the molecule is CCc1ccc(C(C)NCc2c(C)cc(C)cc2C)c(CC)c1. The lowest BCUT2D eigenvalue weighted by molar-refractivity contribution is 0.568. The summed E-state index contributed by atoms with van der Waals surface area (Å²) in [5.41, 5.74) is 9.90. The average Bonchev–Trinajstić information content (AvgIpc) is 2.52. The zero-order valence-electron chi connectivity index (χ0n) is 15.6. The average molecular weight is 309 g/mol. The van der Waals surface area contributed by atoms with Gasteiger partial charge in [0.1, 0.15) is 0 Å². The smallest absolute Gasteiger partial charge is 0.0297 e. The second-order valence-corrected chi connectivity index (χ2v) is 6.72. The predicted molar refractivity (Wildman–Crippen MR) is 101 cm³/mol. The molecule has 2 aromatic carbocycles. The van der Waals surface area contributed by atoms with E-state index in [1.807, 2.05) is 0 Å². The number of aryl methyl sites for hydroxylation is 5. The van der Waals surface area contributed by atoms with E-state index >= 15 is 0 Å². The van der Waals surface area contributed by atoms with Crippen LogP contribution in [0.1, 0.15) is 65.8 Å². The molecule has 2 rings (SSSR count). The van der Waals surface area contributed by atoms with Crippen LogP contribution in [0.3, 0.4) is 0 Å². The van der Waals surface area contributed by atoms with Gasteiger partial charge in [-0.25, -0.2) is 0 Å². The van der Waals surface area contributed by atoms with Crippen LogP contribution in [0, 0.1) is 20.8 Å². The van der Waals surface area contributed by atoms with Crippen LogP contribution in [0.25, 0.3) is 0 Å². The van der Waals surface area contributed by atoms with Crippen LogP contribution in [0.4, 0.5) is 0 Å². The molecule has 0 saturated heterocycles. The topological polar surface area (TPSA) is 12.0 Å². The fraction of sp³-hybridized carbons (Fsp3) is 0.455. The van der Waals surface area contributed by atoms with Gasteiger partial charge < -0.3 is 5.32 Å². The van der Waals surface area contributed by atoms with Crippen LogP contribution in [-0.2, 0) is 19.4 Å². The second-order valence-electron chi connectivity index (χ2n) is 6.72. The summed E-state index contributed by atoms with van der Waals surface area (Å²) in [5.74, 6) is 0. The number of hydrogen-bond donors (Lipinski definition) is 1. The summed E-state index contributed by atoms with van der Waals surface area (Å²) in [6.45, 7) is 14.3. The highest BCUT2D eigenvalue weighted by Gasteiger charge is 2.11. The molecule has 1 N–H and O–H groups in total. The van der Waals surface area contributed by atoms with E-state index < -0.39 is 0 Å². The molecule has 0 aliphatic rings. The number of nitrogens with one attached hydrogen (secondary N) is 1. The van der Waals surface area contributed by atoms with E-state index in [-0.39, 0.29) is 0 Å².